The molecule has 70 valence electrons. The fourth-order valence-electron chi connectivity index (χ4n) is 1.34. The van der Waals surface area contributed by atoms with Gasteiger partial charge in [-0.15, -0.1) is 11.3 Å². The first kappa shape index (κ1) is 8.97. The van der Waals surface area contributed by atoms with E-state index in [9.17, 15) is 0 Å². The molecule has 14 heavy (non-hydrogen) atoms. The van der Waals surface area contributed by atoms with Crippen molar-refractivity contribution < 1.29 is 0 Å². The third-order valence-electron chi connectivity index (χ3n) is 1.98. The number of nitrogens with zero attached hydrogens (tertiary/aromatic N) is 3. The van der Waals surface area contributed by atoms with Crippen LogP contribution in [0.1, 0.15) is 5.01 Å². The number of benzene rings is 1. The fraction of sp³-hybridized carbons (Fsp3) is 0.200. The Hall–Kier alpha value is -1.60. The van der Waals surface area contributed by atoms with Gasteiger partial charge in [0.05, 0.1) is 10.4 Å². The number of para-hydroxylation sites is 1. The summed E-state index contributed by atoms with van der Waals surface area (Å²) in [4.78, 5) is 6.27. The first-order valence-electron chi connectivity index (χ1n) is 4.19. The van der Waals surface area contributed by atoms with E-state index in [4.69, 9.17) is 5.26 Å². The van der Waals surface area contributed by atoms with Gasteiger partial charge in [0.15, 0.2) is 5.01 Å². The summed E-state index contributed by atoms with van der Waals surface area (Å²) in [6.45, 7) is 0. The van der Waals surface area contributed by atoms with Crippen LogP contribution in [0.5, 0.6) is 0 Å². The third-order valence-corrected chi connectivity index (χ3v) is 2.90. The highest BCUT2D eigenvalue weighted by Gasteiger charge is 2.08. The molecule has 0 aliphatic heterocycles. The van der Waals surface area contributed by atoms with Crippen molar-refractivity contribution in [2.24, 2.45) is 0 Å². The molecular weight excluding hydrogens is 194 g/mol. The number of rotatable bonds is 1. The van der Waals surface area contributed by atoms with Gasteiger partial charge in [0.2, 0.25) is 0 Å². The minimum Gasteiger partial charge on any atom is -0.376 e. The molecule has 2 aromatic rings. The maximum absolute atomic E-state index is 8.75. The summed E-state index contributed by atoms with van der Waals surface area (Å²) >= 11 is 1.43. The van der Waals surface area contributed by atoms with Crippen LogP contribution in [-0.4, -0.2) is 19.1 Å². The molecule has 1 aromatic heterocycles. The van der Waals surface area contributed by atoms with Crippen LogP contribution in [0, 0.1) is 11.3 Å². The van der Waals surface area contributed by atoms with Gasteiger partial charge in [-0.3, -0.25) is 0 Å². The molecule has 0 amide bonds. The molecule has 3 nitrogen and oxygen atoms in total. The zero-order chi connectivity index (χ0) is 10.1. The second-order valence-electron chi connectivity index (χ2n) is 3.15. The van der Waals surface area contributed by atoms with Gasteiger partial charge >= 0.3 is 0 Å². The highest BCUT2D eigenvalue weighted by molar-refractivity contribution is 7.19. The van der Waals surface area contributed by atoms with Crippen molar-refractivity contribution in [2.75, 3.05) is 19.0 Å². The van der Waals surface area contributed by atoms with Crippen LogP contribution in [0.4, 0.5) is 5.69 Å². The van der Waals surface area contributed by atoms with Crippen LogP contribution in [0.3, 0.4) is 0 Å². The molecule has 2 rings (SSSR count). The number of hydrogen-bond donors (Lipinski definition) is 0. The summed E-state index contributed by atoms with van der Waals surface area (Å²) in [5.41, 5.74) is 1.97. The van der Waals surface area contributed by atoms with E-state index in [-0.39, 0.29) is 0 Å². The molecule has 0 aliphatic rings. The molecule has 1 heterocycles. The number of fused-ring (bicyclic) bond motifs is 1. The van der Waals surface area contributed by atoms with Gasteiger partial charge in [0, 0.05) is 14.1 Å². The lowest BCUT2D eigenvalue weighted by molar-refractivity contribution is 1.14. The van der Waals surface area contributed by atoms with Crippen molar-refractivity contribution >= 4 is 27.2 Å². The molecule has 0 saturated heterocycles. The van der Waals surface area contributed by atoms with E-state index in [1.807, 2.05) is 37.2 Å². The SMILES string of the molecule is CN(C)c1cccc2sc(C#N)nc12. The van der Waals surface area contributed by atoms with E-state index in [1.165, 1.54) is 11.3 Å². The van der Waals surface area contributed by atoms with Crippen LogP contribution in [0.2, 0.25) is 0 Å². The van der Waals surface area contributed by atoms with E-state index < -0.39 is 0 Å². The summed E-state index contributed by atoms with van der Waals surface area (Å²) in [6, 6.07) is 8.04. The van der Waals surface area contributed by atoms with E-state index in [1.54, 1.807) is 0 Å². The van der Waals surface area contributed by atoms with Crippen molar-refractivity contribution in [1.82, 2.24) is 4.98 Å². The van der Waals surface area contributed by atoms with E-state index in [0.717, 1.165) is 15.9 Å². The summed E-state index contributed by atoms with van der Waals surface area (Å²) in [6.07, 6.45) is 0. The largest absolute Gasteiger partial charge is 0.376 e. The van der Waals surface area contributed by atoms with Gasteiger partial charge in [-0.25, -0.2) is 4.98 Å². The molecule has 0 saturated carbocycles. The highest BCUT2D eigenvalue weighted by atomic mass is 32.1. The molecule has 0 spiro atoms. The van der Waals surface area contributed by atoms with E-state index in [0.29, 0.717) is 5.01 Å². The van der Waals surface area contributed by atoms with Crippen molar-refractivity contribution in [1.29, 1.82) is 5.26 Å². The van der Waals surface area contributed by atoms with Crippen molar-refractivity contribution in [3.63, 3.8) is 0 Å². The minimum absolute atomic E-state index is 0.523. The zero-order valence-electron chi connectivity index (χ0n) is 7.98. The lowest BCUT2D eigenvalue weighted by atomic mass is 10.3. The Morgan fingerprint density at radius 3 is 2.86 bits per heavy atom. The van der Waals surface area contributed by atoms with Crippen LogP contribution in [0.25, 0.3) is 10.2 Å². The van der Waals surface area contributed by atoms with Gasteiger partial charge in [-0.1, -0.05) is 6.07 Å². The Morgan fingerprint density at radius 1 is 1.43 bits per heavy atom. The van der Waals surface area contributed by atoms with Crippen LogP contribution in [-0.2, 0) is 0 Å². The average molecular weight is 203 g/mol. The highest BCUT2D eigenvalue weighted by Crippen LogP contribution is 2.28. The Balaban J connectivity index is 2.74. The standard InChI is InChI=1S/C10H9N3S/c1-13(2)7-4-3-5-8-10(7)12-9(6-11)14-8/h3-5H,1-2H3. The molecule has 0 unspecified atom stereocenters. The van der Waals surface area contributed by atoms with Crippen molar-refractivity contribution in [3.8, 4) is 6.07 Å². The number of anilines is 1. The number of hydrogen-bond acceptors (Lipinski definition) is 4. The Kier molecular flexibility index (Phi) is 2.10. The van der Waals surface area contributed by atoms with Crippen molar-refractivity contribution in [3.05, 3.63) is 23.2 Å². The Bertz CT molecular complexity index is 508. The molecular formula is C10H9N3S. The molecule has 0 aliphatic carbocycles. The Labute approximate surface area is 86.2 Å². The van der Waals surface area contributed by atoms with Gasteiger partial charge in [-0.05, 0) is 12.1 Å². The lowest BCUT2D eigenvalue weighted by Gasteiger charge is -2.11. The molecule has 1 aromatic carbocycles. The van der Waals surface area contributed by atoms with Gasteiger partial charge < -0.3 is 4.90 Å². The summed E-state index contributed by atoms with van der Waals surface area (Å²) in [7, 11) is 3.94. The van der Waals surface area contributed by atoms with E-state index >= 15 is 0 Å². The van der Waals surface area contributed by atoms with Crippen LogP contribution >= 0.6 is 11.3 Å². The predicted octanol–water partition coefficient (Wildman–Crippen LogP) is 2.23. The second-order valence-corrected chi connectivity index (χ2v) is 4.18. The molecule has 0 fully saturated rings. The maximum Gasteiger partial charge on any atom is 0.195 e. The third kappa shape index (κ3) is 1.32. The summed E-state index contributed by atoms with van der Waals surface area (Å²) in [5, 5.41) is 9.27. The second kappa shape index (κ2) is 3.28. The average Bonchev–Trinajstić information content (AvgIpc) is 2.59. The van der Waals surface area contributed by atoms with Crippen LogP contribution < -0.4 is 4.90 Å². The predicted molar refractivity (Wildman–Crippen MR) is 58.7 cm³/mol. The summed E-state index contributed by atoms with van der Waals surface area (Å²) < 4.78 is 1.06. The minimum atomic E-state index is 0.523. The fourth-order valence-corrected chi connectivity index (χ4v) is 2.13. The van der Waals surface area contributed by atoms with Gasteiger partial charge in [0.1, 0.15) is 11.6 Å². The van der Waals surface area contributed by atoms with Crippen molar-refractivity contribution in [2.45, 2.75) is 0 Å². The summed E-state index contributed by atoms with van der Waals surface area (Å²) in [5.74, 6) is 0. The van der Waals surface area contributed by atoms with E-state index in [2.05, 4.69) is 11.1 Å². The first-order valence-corrected chi connectivity index (χ1v) is 5.01. The van der Waals surface area contributed by atoms with Gasteiger partial charge in [-0.2, -0.15) is 5.26 Å². The molecule has 0 N–H and O–H groups in total. The molecule has 0 atom stereocenters. The Morgan fingerprint density at radius 2 is 2.21 bits per heavy atom. The van der Waals surface area contributed by atoms with Gasteiger partial charge in [0.25, 0.3) is 0 Å². The zero-order valence-corrected chi connectivity index (χ0v) is 8.80. The smallest absolute Gasteiger partial charge is 0.195 e. The maximum atomic E-state index is 8.75. The lowest BCUT2D eigenvalue weighted by Crippen LogP contribution is -2.08. The number of aromatic nitrogens is 1. The number of thiazole rings is 1. The monoisotopic (exact) mass is 203 g/mol. The molecule has 0 bridgehead atoms. The normalized spacial score (nSPS) is 10.1. The molecule has 0 radical (unpaired) electrons. The quantitative estimate of drug-likeness (QED) is 0.713. The first-order chi connectivity index (χ1) is 6.72. The number of nitriles is 1. The molecule has 4 heteroatoms. The topological polar surface area (TPSA) is 39.9 Å². The van der Waals surface area contributed by atoms with Crippen LogP contribution in [0.15, 0.2) is 18.2 Å².